The van der Waals surface area contributed by atoms with Crippen molar-refractivity contribution in [1.29, 1.82) is 0 Å². The molecule has 2 N–H and O–H groups in total. The summed E-state index contributed by atoms with van der Waals surface area (Å²) in [6, 6.07) is 11.0. The summed E-state index contributed by atoms with van der Waals surface area (Å²) in [5.41, 5.74) is 1.56. The third kappa shape index (κ3) is 5.83. The zero-order chi connectivity index (χ0) is 19.1. The van der Waals surface area contributed by atoms with Crippen LogP contribution in [0.4, 0.5) is 0 Å². The van der Waals surface area contributed by atoms with Crippen molar-refractivity contribution >= 4 is 29.9 Å². The van der Waals surface area contributed by atoms with Crippen LogP contribution in [0.15, 0.2) is 35.3 Å². The van der Waals surface area contributed by atoms with Gasteiger partial charge in [0, 0.05) is 44.3 Å². The van der Waals surface area contributed by atoms with E-state index in [4.69, 9.17) is 4.74 Å². The van der Waals surface area contributed by atoms with Crippen molar-refractivity contribution in [2.24, 2.45) is 4.99 Å². The summed E-state index contributed by atoms with van der Waals surface area (Å²) >= 11 is 0. The molecule has 5 nitrogen and oxygen atoms in total. The van der Waals surface area contributed by atoms with Crippen molar-refractivity contribution in [1.82, 2.24) is 15.5 Å². The fourth-order valence-corrected chi connectivity index (χ4v) is 4.38. The Labute approximate surface area is 187 Å². The van der Waals surface area contributed by atoms with E-state index >= 15 is 0 Å². The first-order valence-electron chi connectivity index (χ1n) is 10.5. The molecule has 0 aliphatic carbocycles. The maximum Gasteiger partial charge on any atom is 0.191 e. The minimum absolute atomic E-state index is 0. The summed E-state index contributed by atoms with van der Waals surface area (Å²) < 4.78 is 5.66. The van der Waals surface area contributed by atoms with Crippen molar-refractivity contribution in [3.05, 3.63) is 35.9 Å². The Bertz CT molecular complexity index is 598. The number of guanidine groups is 1. The molecule has 2 aliphatic rings. The van der Waals surface area contributed by atoms with Crippen molar-refractivity contribution in [3.8, 4) is 0 Å². The first kappa shape index (κ1) is 23.4. The lowest BCUT2D eigenvalue weighted by Crippen LogP contribution is -2.59. The highest BCUT2D eigenvalue weighted by atomic mass is 127. The van der Waals surface area contributed by atoms with E-state index in [-0.39, 0.29) is 29.5 Å². The van der Waals surface area contributed by atoms with Gasteiger partial charge in [-0.1, -0.05) is 37.3 Å². The van der Waals surface area contributed by atoms with Crippen LogP contribution < -0.4 is 10.6 Å². The molecule has 0 spiro atoms. The van der Waals surface area contributed by atoms with Gasteiger partial charge in [-0.25, -0.2) is 0 Å². The van der Waals surface area contributed by atoms with E-state index in [0.29, 0.717) is 12.0 Å². The minimum atomic E-state index is 0. The molecule has 2 fully saturated rings. The van der Waals surface area contributed by atoms with Gasteiger partial charge in [-0.2, -0.15) is 0 Å². The van der Waals surface area contributed by atoms with Crippen molar-refractivity contribution in [2.75, 3.05) is 39.9 Å². The molecule has 0 amide bonds. The third-order valence-corrected chi connectivity index (χ3v) is 6.45. The standard InChI is InChI=1S/C22H36N4O.HI/c1-18(20-9-5-4-6-10-20)19(2)25-21(23-3)24-17-22(11-15-27-16-12-22)26-13-7-8-14-26;/h4-6,9-10,18-19H,7-8,11-17H2,1-3H3,(H2,23,24,25);1H. The SMILES string of the molecule is CN=C(NCC1(N2CCCC2)CCOCC1)NC(C)C(C)c1ccccc1.I. The average Bonchev–Trinajstić information content (AvgIpc) is 3.27. The number of rotatable bonds is 6. The molecule has 0 radical (unpaired) electrons. The molecule has 0 aromatic heterocycles. The molecule has 3 rings (SSSR count). The van der Waals surface area contributed by atoms with E-state index in [0.717, 1.165) is 38.6 Å². The van der Waals surface area contributed by atoms with Crippen molar-refractivity contribution in [3.63, 3.8) is 0 Å². The molecule has 0 saturated carbocycles. The first-order chi connectivity index (χ1) is 13.1. The number of benzene rings is 1. The number of hydrogen-bond donors (Lipinski definition) is 2. The van der Waals surface area contributed by atoms with Gasteiger partial charge in [0.05, 0.1) is 0 Å². The molecule has 6 heteroatoms. The third-order valence-electron chi connectivity index (χ3n) is 6.45. The van der Waals surface area contributed by atoms with E-state index in [1.807, 2.05) is 7.05 Å². The minimum Gasteiger partial charge on any atom is -0.381 e. The van der Waals surface area contributed by atoms with Crippen LogP contribution in [0, 0.1) is 0 Å². The molecule has 2 atom stereocenters. The second kappa shape index (κ2) is 11.4. The number of halogens is 1. The van der Waals surface area contributed by atoms with E-state index in [1.54, 1.807) is 0 Å². The highest BCUT2D eigenvalue weighted by Crippen LogP contribution is 2.30. The number of nitrogens with one attached hydrogen (secondary N) is 2. The molecule has 2 heterocycles. The normalized spacial score (nSPS) is 22.2. The van der Waals surface area contributed by atoms with Gasteiger partial charge in [0.1, 0.15) is 0 Å². The Hall–Kier alpha value is -0.860. The lowest BCUT2D eigenvalue weighted by Gasteiger charge is -2.45. The molecule has 158 valence electrons. The van der Waals surface area contributed by atoms with Crippen molar-refractivity contribution in [2.45, 2.75) is 57.0 Å². The van der Waals surface area contributed by atoms with Crippen molar-refractivity contribution < 1.29 is 4.74 Å². The van der Waals surface area contributed by atoms with Gasteiger partial charge in [-0.05, 0) is 51.3 Å². The Kier molecular flexibility index (Phi) is 9.50. The van der Waals surface area contributed by atoms with Gasteiger partial charge in [0.2, 0.25) is 0 Å². The zero-order valence-corrected chi connectivity index (χ0v) is 19.9. The highest BCUT2D eigenvalue weighted by molar-refractivity contribution is 14.0. The molecule has 2 aliphatic heterocycles. The van der Waals surface area contributed by atoms with Gasteiger partial charge in [-0.15, -0.1) is 24.0 Å². The molecule has 0 bridgehead atoms. The fourth-order valence-electron chi connectivity index (χ4n) is 4.38. The highest BCUT2D eigenvalue weighted by Gasteiger charge is 2.39. The van der Waals surface area contributed by atoms with E-state index in [2.05, 4.69) is 64.7 Å². The summed E-state index contributed by atoms with van der Waals surface area (Å²) in [6.45, 7) is 9.60. The summed E-state index contributed by atoms with van der Waals surface area (Å²) in [5.74, 6) is 1.32. The molecular weight excluding hydrogens is 463 g/mol. The average molecular weight is 500 g/mol. The second-order valence-corrected chi connectivity index (χ2v) is 8.09. The Balaban J connectivity index is 0.00000280. The zero-order valence-electron chi connectivity index (χ0n) is 17.6. The summed E-state index contributed by atoms with van der Waals surface area (Å²) in [7, 11) is 1.86. The quantitative estimate of drug-likeness (QED) is 0.356. The predicted octanol–water partition coefficient (Wildman–Crippen LogP) is 3.61. The molecular formula is C22H37IN4O. The molecule has 2 saturated heterocycles. The Morgan fingerprint density at radius 3 is 2.39 bits per heavy atom. The second-order valence-electron chi connectivity index (χ2n) is 8.09. The van der Waals surface area contributed by atoms with E-state index in [1.165, 1.54) is 31.5 Å². The van der Waals surface area contributed by atoms with E-state index in [9.17, 15) is 0 Å². The topological polar surface area (TPSA) is 48.9 Å². The van der Waals surface area contributed by atoms with Crippen LogP contribution in [0.5, 0.6) is 0 Å². The Morgan fingerprint density at radius 1 is 1.14 bits per heavy atom. The Morgan fingerprint density at radius 2 is 1.79 bits per heavy atom. The van der Waals surface area contributed by atoms with E-state index < -0.39 is 0 Å². The lowest BCUT2D eigenvalue weighted by molar-refractivity contribution is -0.0164. The number of likely N-dealkylation sites (tertiary alicyclic amines) is 1. The number of ether oxygens (including phenoxy) is 1. The molecule has 1 aromatic rings. The lowest BCUT2D eigenvalue weighted by atomic mass is 9.88. The van der Waals surface area contributed by atoms with Crippen LogP contribution >= 0.6 is 24.0 Å². The van der Waals surface area contributed by atoms with Crippen LogP contribution in [-0.4, -0.2) is 62.3 Å². The molecule has 28 heavy (non-hydrogen) atoms. The van der Waals surface area contributed by atoms with Gasteiger partial charge >= 0.3 is 0 Å². The van der Waals surface area contributed by atoms with Crippen LogP contribution in [0.1, 0.15) is 51.0 Å². The molecule has 2 unspecified atom stereocenters. The van der Waals surface area contributed by atoms with Gasteiger partial charge in [0.25, 0.3) is 0 Å². The van der Waals surface area contributed by atoms with Gasteiger partial charge < -0.3 is 15.4 Å². The fraction of sp³-hybridized carbons (Fsp3) is 0.682. The predicted molar refractivity (Wildman–Crippen MR) is 128 cm³/mol. The summed E-state index contributed by atoms with van der Waals surface area (Å²) in [4.78, 5) is 7.18. The van der Waals surface area contributed by atoms with Gasteiger partial charge in [0.15, 0.2) is 5.96 Å². The number of hydrogen-bond acceptors (Lipinski definition) is 3. The largest absolute Gasteiger partial charge is 0.381 e. The van der Waals surface area contributed by atoms with Gasteiger partial charge in [-0.3, -0.25) is 9.89 Å². The van der Waals surface area contributed by atoms with Crippen LogP contribution in [0.25, 0.3) is 0 Å². The monoisotopic (exact) mass is 500 g/mol. The van der Waals surface area contributed by atoms with Crippen LogP contribution in [0.3, 0.4) is 0 Å². The smallest absolute Gasteiger partial charge is 0.191 e. The maximum absolute atomic E-state index is 5.66. The number of nitrogens with zero attached hydrogens (tertiary/aromatic N) is 2. The summed E-state index contributed by atoms with van der Waals surface area (Å²) in [6.07, 6.45) is 4.85. The number of aliphatic imine (C=N–C) groups is 1. The first-order valence-corrected chi connectivity index (χ1v) is 10.5. The van der Waals surface area contributed by atoms with Crippen LogP contribution in [0.2, 0.25) is 0 Å². The molecule has 1 aromatic carbocycles. The van der Waals surface area contributed by atoms with Crippen LogP contribution in [-0.2, 0) is 4.74 Å². The summed E-state index contributed by atoms with van der Waals surface area (Å²) in [5, 5.41) is 7.24. The maximum atomic E-state index is 5.66.